The average molecular weight is 252 g/mol. The van der Waals surface area contributed by atoms with Crippen molar-refractivity contribution in [2.24, 2.45) is 5.84 Å². The zero-order valence-electron chi connectivity index (χ0n) is 11.9. The Morgan fingerprint density at radius 1 is 1.22 bits per heavy atom. The fourth-order valence-corrected chi connectivity index (χ4v) is 2.31. The Balaban J connectivity index is 2.29. The number of nitrogens with one attached hydrogen (secondary N) is 1. The molecule has 1 rings (SSSR count). The standard InChI is InChI=1S/C14H28N4/c1-3-5-6-7-8-9-10-13(17-15)14-16-11-12-18(14)4-2/h11-13,17H,3-10,15H2,1-2H3. The van der Waals surface area contributed by atoms with Crippen LogP contribution in [-0.4, -0.2) is 9.55 Å². The highest BCUT2D eigenvalue weighted by atomic mass is 15.3. The number of hydrogen-bond acceptors (Lipinski definition) is 3. The molecule has 1 atom stereocenters. The zero-order chi connectivity index (χ0) is 13.2. The first kappa shape index (κ1) is 15.2. The largest absolute Gasteiger partial charge is 0.334 e. The molecule has 0 aliphatic heterocycles. The van der Waals surface area contributed by atoms with E-state index in [4.69, 9.17) is 5.84 Å². The van der Waals surface area contributed by atoms with Gasteiger partial charge in [0.15, 0.2) is 0 Å². The summed E-state index contributed by atoms with van der Waals surface area (Å²) in [6, 6.07) is 0.186. The van der Waals surface area contributed by atoms with Crippen molar-refractivity contribution in [2.45, 2.75) is 71.4 Å². The lowest BCUT2D eigenvalue weighted by molar-refractivity contribution is 0.443. The average Bonchev–Trinajstić information content (AvgIpc) is 2.86. The van der Waals surface area contributed by atoms with Crippen LogP contribution >= 0.6 is 0 Å². The predicted molar refractivity (Wildman–Crippen MR) is 76.0 cm³/mol. The normalized spacial score (nSPS) is 12.8. The van der Waals surface area contributed by atoms with Gasteiger partial charge in [0.25, 0.3) is 0 Å². The highest BCUT2D eigenvalue weighted by molar-refractivity contribution is 4.98. The fraction of sp³-hybridized carbons (Fsp3) is 0.786. The van der Waals surface area contributed by atoms with E-state index in [-0.39, 0.29) is 6.04 Å². The molecule has 1 heterocycles. The number of nitrogens with zero attached hydrogens (tertiary/aromatic N) is 2. The van der Waals surface area contributed by atoms with E-state index in [0.717, 1.165) is 18.8 Å². The van der Waals surface area contributed by atoms with E-state index >= 15 is 0 Å². The molecule has 104 valence electrons. The number of hydrazine groups is 1. The van der Waals surface area contributed by atoms with Crippen LogP contribution in [0.15, 0.2) is 12.4 Å². The van der Waals surface area contributed by atoms with Crippen LogP contribution in [0.25, 0.3) is 0 Å². The molecule has 18 heavy (non-hydrogen) atoms. The Bertz CT molecular complexity index is 308. The van der Waals surface area contributed by atoms with Gasteiger partial charge in [-0.1, -0.05) is 45.4 Å². The molecule has 0 radical (unpaired) electrons. The second kappa shape index (κ2) is 9.11. The molecule has 0 bridgehead atoms. The second-order valence-electron chi connectivity index (χ2n) is 4.85. The third-order valence-electron chi connectivity index (χ3n) is 3.45. The summed E-state index contributed by atoms with van der Waals surface area (Å²) in [7, 11) is 0. The number of unbranched alkanes of at least 4 members (excludes halogenated alkanes) is 5. The van der Waals surface area contributed by atoms with E-state index in [1.807, 2.05) is 12.4 Å². The summed E-state index contributed by atoms with van der Waals surface area (Å²) in [4.78, 5) is 4.41. The second-order valence-corrected chi connectivity index (χ2v) is 4.85. The molecule has 4 nitrogen and oxygen atoms in total. The van der Waals surface area contributed by atoms with Crippen molar-refractivity contribution in [1.82, 2.24) is 15.0 Å². The lowest BCUT2D eigenvalue weighted by atomic mass is 10.1. The van der Waals surface area contributed by atoms with Crippen molar-refractivity contribution >= 4 is 0 Å². The van der Waals surface area contributed by atoms with E-state index in [0.29, 0.717) is 0 Å². The summed E-state index contributed by atoms with van der Waals surface area (Å²) in [6.07, 6.45) is 12.8. The van der Waals surface area contributed by atoms with Crippen LogP contribution in [0.3, 0.4) is 0 Å². The highest BCUT2D eigenvalue weighted by Crippen LogP contribution is 2.18. The van der Waals surface area contributed by atoms with Crippen LogP contribution in [0.2, 0.25) is 0 Å². The first-order valence-electron chi connectivity index (χ1n) is 7.30. The molecule has 0 amide bonds. The maximum Gasteiger partial charge on any atom is 0.127 e. The summed E-state index contributed by atoms with van der Waals surface area (Å²) in [5.41, 5.74) is 2.90. The molecule has 3 N–H and O–H groups in total. The molecule has 0 spiro atoms. The summed E-state index contributed by atoms with van der Waals surface area (Å²) < 4.78 is 2.15. The van der Waals surface area contributed by atoms with Gasteiger partial charge in [-0.25, -0.2) is 10.4 Å². The van der Waals surface area contributed by atoms with Crippen LogP contribution in [0.1, 0.15) is 70.7 Å². The molecule has 0 aliphatic carbocycles. The van der Waals surface area contributed by atoms with E-state index < -0.39 is 0 Å². The van der Waals surface area contributed by atoms with Crippen molar-refractivity contribution in [1.29, 1.82) is 0 Å². The van der Waals surface area contributed by atoms with E-state index in [2.05, 4.69) is 28.8 Å². The third kappa shape index (κ3) is 4.78. The molecular weight excluding hydrogens is 224 g/mol. The molecule has 1 aromatic heterocycles. The lowest BCUT2D eigenvalue weighted by Crippen LogP contribution is -2.30. The van der Waals surface area contributed by atoms with Gasteiger partial charge in [-0.2, -0.15) is 0 Å². The molecule has 0 aromatic carbocycles. The minimum atomic E-state index is 0.186. The Morgan fingerprint density at radius 2 is 1.94 bits per heavy atom. The molecule has 0 saturated heterocycles. The monoisotopic (exact) mass is 252 g/mol. The smallest absolute Gasteiger partial charge is 0.127 e. The Morgan fingerprint density at radius 3 is 2.61 bits per heavy atom. The fourth-order valence-electron chi connectivity index (χ4n) is 2.31. The topological polar surface area (TPSA) is 55.9 Å². The van der Waals surface area contributed by atoms with Crippen molar-refractivity contribution in [2.75, 3.05) is 0 Å². The molecule has 0 aliphatic rings. The summed E-state index contributed by atoms with van der Waals surface area (Å²) in [5.74, 6) is 6.71. The molecule has 0 saturated carbocycles. The Hall–Kier alpha value is -0.870. The van der Waals surface area contributed by atoms with E-state index in [9.17, 15) is 0 Å². The van der Waals surface area contributed by atoms with E-state index in [1.165, 1.54) is 38.5 Å². The minimum Gasteiger partial charge on any atom is -0.334 e. The SMILES string of the molecule is CCCCCCCCC(NN)c1nccn1CC. The van der Waals surface area contributed by atoms with Gasteiger partial charge in [-0.3, -0.25) is 5.84 Å². The molecule has 4 heteroatoms. The molecule has 1 aromatic rings. The maximum absolute atomic E-state index is 5.65. The summed E-state index contributed by atoms with van der Waals surface area (Å²) >= 11 is 0. The van der Waals surface area contributed by atoms with Crippen LogP contribution in [0, 0.1) is 0 Å². The van der Waals surface area contributed by atoms with Crippen LogP contribution in [-0.2, 0) is 6.54 Å². The van der Waals surface area contributed by atoms with Crippen molar-refractivity contribution in [3.63, 3.8) is 0 Å². The number of aromatic nitrogens is 2. The van der Waals surface area contributed by atoms with Gasteiger partial charge < -0.3 is 4.57 Å². The highest BCUT2D eigenvalue weighted by Gasteiger charge is 2.14. The number of nitrogens with two attached hydrogens (primary N) is 1. The van der Waals surface area contributed by atoms with Gasteiger partial charge in [0.05, 0.1) is 6.04 Å². The number of hydrogen-bond donors (Lipinski definition) is 2. The maximum atomic E-state index is 5.65. The van der Waals surface area contributed by atoms with Crippen molar-refractivity contribution < 1.29 is 0 Å². The number of aryl methyl sites for hydroxylation is 1. The third-order valence-corrected chi connectivity index (χ3v) is 3.45. The Labute approximate surface area is 111 Å². The number of imidazole rings is 1. The molecule has 0 fully saturated rings. The van der Waals surface area contributed by atoms with Gasteiger partial charge in [0.2, 0.25) is 0 Å². The molecule has 1 unspecified atom stereocenters. The quantitative estimate of drug-likeness (QED) is 0.382. The zero-order valence-corrected chi connectivity index (χ0v) is 11.9. The Kier molecular flexibility index (Phi) is 7.69. The minimum absolute atomic E-state index is 0.186. The summed E-state index contributed by atoms with van der Waals surface area (Å²) in [6.45, 7) is 5.33. The van der Waals surface area contributed by atoms with E-state index in [1.54, 1.807) is 0 Å². The van der Waals surface area contributed by atoms with Gasteiger partial charge in [0, 0.05) is 18.9 Å². The predicted octanol–water partition coefficient (Wildman–Crippen LogP) is 3.16. The van der Waals surface area contributed by atoms with Crippen molar-refractivity contribution in [3.05, 3.63) is 18.2 Å². The summed E-state index contributed by atoms with van der Waals surface area (Å²) in [5, 5.41) is 0. The number of rotatable bonds is 10. The van der Waals surface area contributed by atoms with Gasteiger partial charge in [-0.05, 0) is 13.3 Å². The first-order valence-corrected chi connectivity index (χ1v) is 7.30. The molecular formula is C14H28N4. The van der Waals surface area contributed by atoms with Gasteiger partial charge in [-0.15, -0.1) is 0 Å². The van der Waals surface area contributed by atoms with Crippen LogP contribution < -0.4 is 11.3 Å². The first-order chi connectivity index (χ1) is 8.83. The van der Waals surface area contributed by atoms with Crippen molar-refractivity contribution in [3.8, 4) is 0 Å². The van der Waals surface area contributed by atoms with Crippen LogP contribution in [0.4, 0.5) is 0 Å². The lowest BCUT2D eigenvalue weighted by Gasteiger charge is -2.16. The van der Waals surface area contributed by atoms with Gasteiger partial charge in [0.1, 0.15) is 5.82 Å². The van der Waals surface area contributed by atoms with Crippen LogP contribution in [0.5, 0.6) is 0 Å². The van der Waals surface area contributed by atoms with Gasteiger partial charge >= 0.3 is 0 Å².